The van der Waals surface area contributed by atoms with E-state index in [9.17, 15) is 0 Å². The average Bonchev–Trinajstić information content (AvgIpc) is 2.05. The fourth-order valence-electron chi connectivity index (χ4n) is 1.95. The van der Waals surface area contributed by atoms with Crippen LogP contribution < -0.4 is 0 Å². The number of ether oxygens (including phenoxy) is 1. The molecule has 0 unspecified atom stereocenters. The van der Waals surface area contributed by atoms with Crippen molar-refractivity contribution < 1.29 is 4.74 Å². The molecule has 0 aliphatic carbocycles. The number of hydrogen-bond acceptors (Lipinski definition) is 1. The van der Waals surface area contributed by atoms with Gasteiger partial charge in [0.15, 0.2) is 0 Å². The van der Waals surface area contributed by atoms with Gasteiger partial charge in [0, 0.05) is 18.6 Å². The summed E-state index contributed by atoms with van der Waals surface area (Å²) in [7, 11) is 0. The van der Waals surface area contributed by atoms with Crippen LogP contribution in [0.1, 0.15) is 33.1 Å². The molecule has 12 heavy (non-hydrogen) atoms. The van der Waals surface area contributed by atoms with Crippen LogP contribution in [0.4, 0.5) is 0 Å². The van der Waals surface area contributed by atoms with Gasteiger partial charge in [0.1, 0.15) is 0 Å². The maximum atomic E-state index is 5.58. The van der Waals surface area contributed by atoms with Crippen LogP contribution in [0.5, 0.6) is 0 Å². The fraction of sp³-hybridized carbons (Fsp3) is 0.818. The molecule has 0 aromatic heterocycles. The molecule has 0 N–H and O–H groups in total. The van der Waals surface area contributed by atoms with E-state index in [0.717, 1.165) is 32.5 Å². The second kappa shape index (κ2) is 3.96. The lowest BCUT2D eigenvalue weighted by Crippen LogP contribution is -2.29. The average molecular weight is 166 g/mol. The van der Waals surface area contributed by atoms with Gasteiger partial charge in [-0.05, 0) is 25.2 Å². The second-order valence-electron chi connectivity index (χ2n) is 4.14. The van der Waals surface area contributed by atoms with Gasteiger partial charge in [-0.25, -0.2) is 0 Å². The van der Waals surface area contributed by atoms with Crippen molar-refractivity contribution in [3.63, 3.8) is 0 Å². The van der Waals surface area contributed by atoms with E-state index >= 15 is 0 Å². The minimum absolute atomic E-state index is 0.145. The second-order valence-corrected chi connectivity index (χ2v) is 4.14. The summed E-state index contributed by atoms with van der Waals surface area (Å²) in [5, 5.41) is 0. The van der Waals surface area contributed by atoms with Crippen LogP contribution in [0, 0.1) is 23.7 Å². The molecule has 0 spiro atoms. The standard InChI is InChI=1S/C11H18O/c1-4-11(9-10(2)3)5-7-12-8-6-11/h1,10H,5-9H2,2-3H3. The molecule has 1 heteroatoms. The lowest BCUT2D eigenvalue weighted by atomic mass is 9.75. The minimum atomic E-state index is 0.145. The first-order chi connectivity index (χ1) is 5.68. The van der Waals surface area contributed by atoms with E-state index in [1.807, 2.05) is 0 Å². The molecule has 0 saturated carbocycles. The molecule has 0 bridgehead atoms. The highest BCUT2D eigenvalue weighted by molar-refractivity contribution is 5.06. The van der Waals surface area contributed by atoms with Crippen molar-refractivity contribution in [2.75, 3.05) is 13.2 Å². The van der Waals surface area contributed by atoms with Gasteiger partial charge in [0.25, 0.3) is 0 Å². The van der Waals surface area contributed by atoms with Gasteiger partial charge >= 0.3 is 0 Å². The van der Waals surface area contributed by atoms with Gasteiger partial charge in [0.2, 0.25) is 0 Å². The van der Waals surface area contributed by atoms with Crippen LogP contribution in [-0.2, 0) is 4.74 Å². The molecule has 0 radical (unpaired) electrons. The molecule has 0 atom stereocenters. The Morgan fingerprint density at radius 2 is 2.00 bits per heavy atom. The van der Waals surface area contributed by atoms with Crippen LogP contribution in [0.2, 0.25) is 0 Å². The highest BCUT2D eigenvalue weighted by atomic mass is 16.5. The fourth-order valence-corrected chi connectivity index (χ4v) is 1.95. The van der Waals surface area contributed by atoms with Gasteiger partial charge in [-0.15, -0.1) is 6.42 Å². The first-order valence-corrected chi connectivity index (χ1v) is 4.74. The zero-order valence-electron chi connectivity index (χ0n) is 8.10. The third-order valence-corrected chi connectivity index (χ3v) is 2.56. The highest BCUT2D eigenvalue weighted by Crippen LogP contribution is 2.35. The lowest BCUT2D eigenvalue weighted by Gasteiger charge is -2.33. The molecular weight excluding hydrogens is 148 g/mol. The van der Waals surface area contributed by atoms with Crippen LogP contribution in [0.15, 0.2) is 0 Å². The molecule has 0 amide bonds. The molecule has 68 valence electrons. The smallest absolute Gasteiger partial charge is 0.0480 e. The van der Waals surface area contributed by atoms with E-state index in [2.05, 4.69) is 19.8 Å². The molecule has 1 aliphatic heterocycles. The Morgan fingerprint density at radius 3 is 2.42 bits per heavy atom. The monoisotopic (exact) mass is 166 g/mol. The van der Waals surface area contributed by atoms with E-state index in [4.69, 9.17) is 11.2 Å². The van der Waals surface area contributed by atoms with Crippen molar-refractivity contribution in [2.24, 2.45) is 11.3 Å². The topological polar surface area (TPSA) is 9.23 Å². The highest BCUT2D eigenvalue weighted by Gasteiger charge is 2.30. The third-order valence-electron chi connectivity index (χ3n) is 2.56. The Kier molecular flexibility index (Phi) is 3.17. The quantitative estimate of drug-likeness (QED) is 0.573. The predicted octanol–water partition coefficient (Wildman–Crippen LogP) is 2.46. The van der Waals surface area contributed by atoms with E-state index in [0.29, 0.717) is 5.92 Å². The van der Waals surface area contributed by atoms with E-state index < -0.39 is 0 Å². The summed E-state index contributed by atoms with van der Waals surface area (Å²) in [6.45, 7) is 6.15. The van der Waals surface area contributed by atoms with Gasteiger partial charge in [-0.2, -0.15) is 0 Å². The Morgan fingerprint density at radius 1 is 1.42 bits per heavy atom. The van der Waals surface area contributed by atoms with Crippen molar-refractivity contribution >= 4 is 0 Å². The van der Waals surface area contributed by atoms with Crippen LogP contribution in [0.3, 0.4) is 0 Å². The summed E-state index contributed by atoms with van der Waals surface area (Å²) in [5.41, 5.74) is 0.145. The SMILES string of the molecule is C#CC1(CC(C)C)CCOCC1. The summed E-state index contributed by atoms with van der Waals surface area (Å²) < 4.78 is 5.31. The Labute approximate surface area is 75.5 Å². The molecule has 0 aromatic rings. The van der Waals surface area contributed by atoms with Crippen molar-refractivity contribution in [1.29, 1.82) is 0 Å². The Bertz CT molecular complexity index is 170. The lowest BCUT2D eigenvalue weighted by molar-refractivity contribution is 0.0329. The van der Waals surface area contributed by atoms with Gasteiger partial charge in [-0.1, -0.05) is 19.8 Å². The number of rotatable bonds is 2. The third kappa shape index (κ3) is 2.25. The summed E-state index contributed by atoms with van der Waals surface area (Å²) in [6, 6.07) is 0. The zero-order valence-corrected chi connectivity index (χ0v) is 8.10. The summed E-state index contributed by atoms with van der Waals surface area (Å²) in [5.74, 6) is 3.66. The summed E-state index contributed by atoms with van der Waals surface area (Å²) in [4.78, 5) is 0. The predicted molar refractivity (Wildman–Crippen MR) is 50.8 cm³/mol. The largest absolute Gasteiger partial charge is 0.381 e. The Hall–Kier alpha value is -0.480. The Balaban J connectivity index is 2.55. The molecule has 1 aliphatic rings. The first kappa shape index (κ1) is 9.61. The van der Waals surface area contributed by atoms with Crippen LogP contribution >= 0.6 is 0 Å². The summed E-state index contributed by atoms with van der Waals surface area (Å²) >= 11 is 0. The molecular formula is C11H18O. The van der Waals surface area contributed by atoms with Crippen LogP contribution in [-0.4, -0.2) is 13.2 Å². The first-order valence-electron chi connectivity index (χ1n) is 4.74. The molecule has 1 saturated heterocycles. The van der Waals surface area contributed by atoms with Gasteiger partial charge in [-0.3, -0.25) is 0 Å². The van der Waals surface area contributed by atoms with Crippen molar-refractivity contribution in [1.82, 2.24) is 0 Å². The molecule has 1 nitrogen and oxygen atoms in total. The normalized spacial score (nSPS) is 22.2. The zero-order chi connectivity index (χ0) is 9.03. The van der Waals surface area contributed by atoms with Crippen LogP contribution in [0.25, 0.3) is 0 Å². The molecule has 0 aromatic carbocycles. The molecule has 1 fully saturated rings. The van der Waals surface area contributed by atoms with E-state index in [1.165, 1.54) is 0 Å². The van der Waals surface area contributed by atoms with Crippen molar-refractivity contribution in [3.8, 4) is 12.3 Å². The summed E-state index contributed by atoms with van der Waals surface area (Å²) in [6.07, 6.45) is 8.81. The molecule has 1 heterocycles. The maximum Gasteiger partial charge on any atom is 0.0480 e. The van der Waals surface area contributed by atoms with Crippen molar-refractivity contribution in [3.05, 3.63) is 0 Å². The number of hydrogen-bond donors (Lipinski definition) is 0. The van der Waals surface area contributed by atoms with Crippen molar-refractivity contribution in [2.45, 2.75) is 33.1 Å². The van der Waals surface area contributed by atoms with Gasteiger partial charge in [0.05, 0.1) is 0 Å². The van der Waals surface area contributed by atoms with Gasteiger partial charge < -0.3 is 4.74 Å². The van der Waals surface area contributed by atoms with E-state index in [1.54, 1.807) is 0 Å². The molecule has 1 rings (SSSR count). The maximum absolute atomic E-state index is 5.58. The van der Waals surface area contributed by atoms with E-state index in [-0.39, 0.29) is 5.41 Å². The minimum Gasteiger partial charge on any atom is -0.381 e. The number of terminal acetylenes is 1.